The summed E-state index contributed by atoms with van der Waals surface area (Å²) in [5, 5.41) is 11.8. The monoisotopic (exact) mass is 1110 g/mol. The summed E-state index contributed by atoms with van der Waals surface area (Å²) < 4.78 is 22.8. The van der Waals surface area contributed by atoms with E-state index in [2.05, 4.69) is 74.6 Å². The SMILES string of the molecule is CC/C=C\C/C=C\C/C=C\C/C=C\CCCCCCCCCCCCCCCCCCCCCCCCCCC(=O)OC(COC(=O)CCCCCCCCC/C=C\CCCCCCCC)COC(OCC[N+](C)(C)C)C(=O)[O-]. The molecule has 0 aliphatic rings. The molecule has 2 unspecified atom stereocenters. The van der Waals surface area contributed by atoms with Crippen LogP contribution in [0.4, 0.5) is 0 Å². The van der Waals surface area contributed by atoms with Crippen molar-refractivity contribution in [1.82, 2.24) is 0 Å². The Labute approximate surface area is 488 Å². The Morgan fingerprint density at radius 3 is 1.09 bits per heavy atom. The standard InChI is InChI=1S/C70H127NO8/c1-6-8-10-12-14-16-18-20-22-24-25-26-27-28-29-30-31-32-33-34-35-36-37-38-39-40-41-42-43-45-47-49-51-53-55-57-59-61-68(73)79-66(65-78-70(69(74)75)76-63-62-71(3,4)5)64-77-67(72)60-58-56-54-52-50-48-46-44-23-21-19-17-15-13-11-9-7-2/h8,10,14,16,20-23,25-26,66,70H,6-7,9,11-13,15,17-19,24,27-65H2,1-5H3/b10-8-,16-14-,22-20-,23-21-,26-25-. The van der Waals surface area contributed by atoms with Crippen LogP contribution < -0.4 is 5.11 Å². The Kier molecular flexibility index (Phi) is 58.7. The first-order valence-corrected chi connectivity index (χ1v) is 33.4. The minimum Gasteiger partial charge on any atom is -0.545 e. The lowest BCUT2D eigenvalue weighted by Crippen LogP contribution is -2.44. The van der Waals surface area contributed by atoms with Crippen molar-refractivity contribution in [3.8, 4) is 0 Å². The van der Waals surface area contributed by atoms with E-state index in [4.69, 9.17) is 18.9 Å². The molecule has 0 aliphatic carbocycles. The van der Waals surface area contributed by atoms with Gasteiger partial charge in [-0.15, -0.1) is 0 Å². The Morgan fingerprint density at radius 2 is 0.722 bits per heavy atom. The second-order valence-corrected chi connectivity index (χ2v) is 23.7. The number of hydrogen-bond acceptors (Lipinski definition) is 8. The molecule has 9 nitrogen and oxygen atoms in total. The highest BCUT2D eigenvalue weighted by molar-refractivity contribution is 5.70. The molecular weight excluding hydrogens is 983 g/mol. The summed E-state index contributed by atoms with van der Waals surface area (Å²) in [5.41, 5.74) is 0. The Morgan fingerprint density at radius 1 is 0.392 bits per heavy atom. The number of aliphatic carboxylic acids is 1. The largest absolute Gasteiger partial charge is 0.545 e. The third-order valence-electron chi connectivity index (χ3n) is 14.7. The second kappa shape index (κ2) is 61.1. The van der Waals surface area contributed by atoms with Gasteiger partial charge in [-0.25, -0.2) is 0 Å². The van der Waals surface area contributed by atoms with Crippen molar-refractivity contribution in [1.29, 1.82) is 0 Å². The molecule has 0 saturated heterocycles. The Balaban J connectivity index is 4.00. The predicted octanol–water partition coefficient (Wildman–Crippen LogP) is 19.0. The maximum atomic E-state index is 12.9. The molecule has 0 amide bonds. The molecule has 0 N–H and O–H groups in total. The van der Waals surface area contributed by atoms with Gasteiger partial charge in [-0.05, 0) is 77.0 Å². The zero-order valence-corrected chi connectivity index (χ0v) is 52.5. The smallest absolute Gasteiger partial charge is 0.306 e. The van der Waals surface area contributed by atoms with Gasteiger partial charge in [-0.1, -0.05) is 280 Å². The van der Waals surface area contributed by atoms with Gasteiger partial charge in [0.05, 0.1) is 40.3 Å². The zero-order chi connectivity index (χ0) is 57.6. The highest BCUT2D eigenvalue weighted by atomic mass is 16.7. The fourth-order valence-corrected chi connectivity index (χ4v) is 9.64. The molecule has 0 bridgehead atoms. The molecule has 0 spiro atoms. The lowest BCUT2D eigenvalue weighted by atomic mass is 10.0. The first-order chi connectivity index (χ1) is 38.6. The van der Waals surface area contributed by atoms with Gasteiger partial charge in [-0.3, -0.25) is 9.59 Å². The van der Waals surface area contributed by atoms with Crippen LogP contribution in [0.3, 0.4) is 0 Å². The van der Waals surface area contributed by atoms with Crippen molar-refractivity contribution in [3.63, 3.8) is 0 Å². The Bertz CT molecular complexity index is 1480. The number of rotatable bonds is 62. The average molecular weight is 1110 g/mol. The first kappa shape index (κ1) is 76.0. The van der Waals surface area contributed by atoms with Crippen LogP contribution in [0, 0.1) is 0 Å². The number of hydrogen-bond donors (Lipinski definition) is 0. The summed E-state index contributed by atoms with van der Waals surface area (Å²) in [6.07, 6.45) is 75.9. The van der Waals surface area contributed by atoms with Gasteiger partial charge in [0.1, 0.15) is 13.2 Å². The number of ether oxygens (including phenoxy) is 4. The highest BCUT2D eigenvalue weighted by Gasteiger charge is 2.22. The molecule has 2 atom stereocenters. The molecule has 0 aromatic rings. The van der Waals surface area contributed by atoms with Gasteiger partial charge in [0, 0.05) is 12.8 Å². The molecule has 0 radical (unpaired) electrons. The van der Waals surface area contributed by atoms with Crippen molar-refractivity contribution in [2.75, 3.05) is 47.5 Å². The molecule has 0 fully saturated rings. The molecule has 0 aromatic heterocycles. The third kappa shape index (κ3) is 62.4. The maximum absolute atomic E-state index is 12.9. The van der Waals surface area contributed by atoms with Crippen molar-refractivity contribution in [3.05, 3.63) is 60.8 Å². The van der Waals surface area contributed by atoms with Gasteiger partial charge >= 0.3 is 11.9 Å². The Hall–Kier alpha value is -3.01. The van der Waals surface area contributed by atoms with Gasteiger partial charge in [0.25, 0.3) is 0 Å². The number of nitrogens with zero attached hydrogens (tertiary/aromatic N) is 1. The van der Waals surface area contributed by atoms with E-state index in [-0.39, 0.29) is 38.6 Å². The van der Waals surface area contributed by atoms with Crippen LogP contribution in [0.5, 0.6) is 0 Å². The predicted molar refractivity (Wildman–Crippen MR) is 334 cm³/mol. The molecule has 0 heterocycles. The number of allylic oxidation sites excluding steroid dienone is 10. The van der Waals surface area contributed by atoms with Crippen LogP contribution in [-0.4, -0.2) is 82.3 Å². The second-order valence-electron chi connectivity index (χ2n) is 23.7. The maximum Gasteiger partial charge on any atom is 0.306 e. The number of carbonyl (C=O) groups is 3. The van der Waals surface area contributed by atoms with E-state index < -0.39 is 24.3 Å². The van der Waals surface area contributed by atoms with Crippen molar-refractivity contribution >= 4 is 17.9 Å². The number of quaternary nitrogens is 1. The van der Waals surface area contributed by atoms with Crippen molar-refractivity contribution in [2.45, 2.75) is 322 Å². The van der Waals surface area contributed by atoms with E-state index in [0.717, 1.165) is 57.8 Å². The molecular formula is C70H127NO8. The molecule has 0 saturated carbocycles. The molecule has 0 rings (SSSR count). The number of esters is 2. The van der Waals surface area contributed by atoms with E-state index in [0.29, 0.717) is 17.4 Å². The lowest BCUT2D eigenvalue weighted by molar-refractivity contribution is -0.870. The number of carboxylic acids is 1. The molecule has 0 aromatic carbocycles. The van der Waals surface area contributed by atoms with Crippen molar-refractivity contribution in [2.24, 2.45) is 0 Å². The first-order valence-electron chi connectivity index (χ1n) is 33.4. The van der Waals surface area contributed by atoms with Crippen LogP contribution in [0.15, 0.2) is 60.8 Å². The fourth-order valence-electron chi connectivity index (χ4n) is 9.64. The summed E-state index contributed by atoms with van der Waals surface area (Å²) in [5.74, 6) is -2.27. The van der Waals surface area contributed by atoms with E-state index in [1.807, 2.05) is 21.1 Å². The highest BCUT2D eigenvalue weighted by Crippen LogP contribution is 2.18. The summed E-state index contributed by atoms with van der Waals surface area (Å²) in [6.45, 7) is 4.67. The zero-order valence-electron chi connectivity index (χ0n) is 52.5. The minimum atomic E-state index is -1.62. The van der Waals surface area contributed by atoms with Gasteiger partial charge in [0.2, 0.25) is 0 Å². The quantitative estimate of drug-likeness (QED) is 0.0195. The normalized spacial score (nSPS) is 13.1. The van der Waals surface area contributed by atoms with Gasteiger partial charge in [0.15, 0.2) is 12.4 Å². The number of carboxylic acid groups (broad SMARTS) is 1. The van der Waals surface area contributed by atoms with Gasteiger partial charge < -0.3 is 33.3 Å². The summed E-state index contributed by atoms with van der Waals surface area (Å²) in [6, 6.07) is 0. The fraction of sp³-hybridized carbons (Fsp3) is 0.814. The van der Waals surface area contributed by atoms with E-state index >= 15 is 0 Å². The van der Waals surface area contributed by atoms with Crippen LogP contribution in [0.1, 0.15) is 309 Å². The topological polar surface area (TPSA) is 111 Å². The minimum absolute atomic E-state index is 0.148. The molecule has 0 aliphatic heterocycles. The average Bonchev–Trinajstić information content (AvgIpc) is 3.42. The molecule has 79 heavy (non-hydrogen) atoms. The van der Waals surface area contributed by atoms with E-state index in [9.17, 15) is 19.5 Å². The van der Waals surface area contributed by atoms with E-state index in [1.54, 1.807) is 0 Å². The van der Waals surface area contributed by atoms with Crippen LogP contribution in [0.2, 0.25) is 0 Å². The summed E-state index contributed by atoms with van der Waals surface area (Å²) in [4.78, 5) is 37.4. The third-order valence-corrected chi connectivity index (χ3v) is 14.7. The molecule has 9 heteroatoms. The lowest BCUT2D eigenvalue weighted by Gasteiger charge is -2.26. The van der Waals surface area contributed by atoms with Gasteiger partial charge in [-0.2, -0.15) is 0 Å². The van der Waals surface area contributed by atoms with Crippen LogP contribution in [0.25, 0.3) is 0 Å². The van der Waals surface area contributed by atoms with Crippen LogP contribution >= 0.6 is 0 Å². The van der Waals surface area contributed by atoms with E-state index in [1.165, 1.54) is 218 Å². The van der Waals surface area contributed by atoms with Crippen molar-refractivity contribution < 1.29 is 42.9 Å². The number of likely N-dealkylation sites (N-methyl/N-ethyl adjacent to an activating group) is 1. The van der Waals surface area contributed by atoms with Crippen LogP contribution in [-0.2, 0) is 33.3 Å². The number of unbranched alkanes of at least 4 members (excludes halogenated alkanes) is 37. The summed E-state index contributed by atoms with van der Waals surface area (Å²) in [7, 11) is 5.93. The summed E-state index contributed by atoms with van der Waals surface area (Å²) >= 11 is 0. The molecule has 460 valence electrons. The number of carbonyl (C=O) groups excluding carboxylic acids is 3.